The number of carbonyl (C=O) groups excluding carboxylic acids is 1. The molecule has 0 aliphatic carbocycles. The summed E-state index contributed by atoms with van der Waals surface area (Å²) in [6.07, 6.45) is -2.00. The standard InChI is InChI=1S/C26H24F3N3O/c1-4-20(19-13-14-30-22-8-6-5-7-18(19)22)32-24(33)17-9-11-21-16(15-17)10-12-23(31-21)25(2,3)26(27,28)29/h5-15,20H,4H2,1-3H3,(H,32,33). The monoisotopic (exact) mass is 451 g/mol. The Morgan fingerprint density at radius 2 is 1.76 bits per heavy atom. The smallest absolute Gasteiger partial charge is 0.345 e. The molecule has 2 aromatic heterocycles. The van der Waals surface area contributed by atoms with E-state index in [-0.39, 0.29) is 17.6 Å². The van der Waals surface area contributed by atoms with Crippen LogP contribution in [0.25, 0.3) is 21.8 Å². The summed E-state index contributed by atoms with van der Waals surface area (Å²) in [5.74, 6) is -0.260. The Labute approximate surface area is 189 Å². The Bertz CT molecular complexity index is 1330. The van der Waals surface area contributed by atoms with Gasteiger partial charge in [-0.1, -0.05) is 31.2 Å². The molecule has 7 heteroatoms. The van der Waals surface area contributed by atoms with E-state index in [4.69, 9.17) is 0 Å². The highest BCUT2D eigenvalue weighted by Crippen LogP contribution is 2.40. The third-order valence-corrected chi connectivity index (χ3v) is 6.07. The van der Waals surface area contributed by atoms with Crippen molar-refractivity contribution in [3.05, 3.63) is 83.7 Å². The van der Waals surface area contributed by atoms with E-state index in [1.807, 2.05) is 37.3 Å². The van der Waals surface area contributed by atoms with Gasteiger partial charge in [-0.15, -0.1) is 0 Å². The third-order valence-electron chi connectivity index (χ3n) is 6.07. The van der Waals surface area contributed by atoms with Crippen molar-refractivity contribution in [2.45, 2.75) is 44.8 Å². The fourth-order valence-electron chi connectivity index (χ4n) is 3.82. The molecule has 1 N–H and O–H groups in total. The molecular weight excluding hydrogens is 427 g/mol. The van der Waals surface area contributed by atoms with E-state index in [1.54, 1.807) is 30.5 Å². The second kappa shape index (κ2) is 8.46. The minimum atomic E-state index is -4.42. The van der Waals surface area contributed by atoms with E-state index in [0.29, 0.717) is 22.9 Å². The molecule has 0 spiro atoms. The van der Waals surface area contributed by atoms with Crippen molar-refractivity contribution in [3.8, 4) is 0 Å². The van der Waals surface area contributed by atoms with Gasteiger partial charge in [0.2, 0.25) is 0 Å². The lowest BCUT2D eigenvalue weighted by Gasteiger charge is -2.27. The fraction of sp³-hybridized carbons (Fsp3) is 0.269. The second-order valence-electron chi connectivity index (χ2n) is 8.58. The van der Waals surface area contributed by atoms with Gasteiger partial charge in [0.15, 0.2) is 0 Å². The van der Waals surface area contributed by atoms with Crippen molar-refractivity contribution in [2.24, 2.45) is 0 Å². The highest BCUT2D eigenvalue weighted by molar-refractivity contribution is 5.98. The molecule has 4 rings (SSSR count). The molecule has 0 aliphatic heterocycles. The summed E-state index contributed by atoms with van der Waals surface area (Å²) in [7, 11) is 0. The molecular formula is C26H24F3N3O. The number of nitrogens with zero attached hydrogens (tertiary/aromatic N) is 2. The van der Waals surface area contributed by atoms with Gasteiger partial charge >= 0.3 is 6.18 Å². The van der Waals surface area contributed by atoms with Gasteiger partial charge in [0.1, 0.15) is 5.41 Å². The summed E-state index contributed by atoms with van der Waals surface area (Å²) in [4.78, 5) is 21.6. The van der Waals surface area contributed by atoms with Gasteiger partial charge in [-0.2, -0.15) is 13.2 Å². The van der Waals surface area contributed by atoms with Crippen LogP contribution in [0, 0.1) is 0 Å². The van der Waals surface area contributed by atoms with Gasteiger partial charge in [-0.3, -0.25) is 14.8 Å². The van der Waals surface area contributed by atoms with Crippen molar-refractivity contribution in [2.75, 3.05) is 0 Å². The zero-order valence-corrected chi connectivity index (χ0v) is 18.6. The summed E-state index contributed by atoms with van der Waals surface area (Å²) >= 11 is 0. The summed E-state index contributed by atoms with van der Waals surface area (Å²) < 4.78 is 40.2. The maximum Gasteiger partial charge on any atom is 0.399 e. The number of alkyl halides is 3. The first-order valence-electron chi connectivity index (χ1n) is 10.7. The Morgan fingerprint density at radius 3 is 2.48 bits per heavy atom. The molecule has 4 aromatic rings. The summed E-state index contributed by atoms with van der Waals surface area (Å²) in [5.41, 5.74) is 0.543. The number of halogens is 3. The molecule has 0 saturated carbocycles. The van der Waals surface area contributed by atoms with Crippen LogP contribution < -0.4 is 5.32 Å². The second-order valence-corrected chi connectivity index (χ2v) is 8.58. The third kappa shape index (κ3) is 4.27. The van der Waals surface area contributed by atoms with E-state index < -0.39 is 11.6 Å². The Morgan fingerprint density at radius 1 is 1.00 bits per heavy atom. The molecule has 0 fully saturated rings. The van der Waals surface area contributed by atoms with Crippen LogP contribution in [0.2, 0.25) is 0 Å². The zero-order valence-electron chi connectivity index (χ0n) is 18.6. The number of rotatable bonds is 5. The zero-order chi connectivity index (χ0) is 23.8. The van der Waals surface area contributed by atoms with Crippen molar-refractivity contribution < 1.29 is 18.0 Å². The summed E-state index contributed by atoms with van der Waals surface area (Å²) in [6.45, 7) is 4.21. The van der Waals surface area contributed by atoms with Crippen molar-refractivity contribution in [3.63, 3.8) is 0 Å². The average Bonchev–Trinajstić information content (AvgIpc) is 2.80. The SMILES string of the molecule is CCC(NC(=O)c1ccc2nc(C(C)(C)C(F)(F)F)ccc2c1)c1ccnc2ccccc12. The lowest BCUT2D eigenvalue weighted by atomic mass is 9.87. The molecule has 1 unspecified atom stereocenters. The van der Waals surface area contributed by atoms with Gasteiger partial charge < -0.3 is 5.32 Å². The largest absolute Gasteiger partial charge is 0.399 e. The minimum Gasteiger partial charge on any atom is -0.345 e. The first-order chi connectivity index (χ1) is 15.6. The van der Waals surface area contributed by atoms with Crippen LogP contribution in [0.5, 0.6) is 0 Å². The maximum atomic E-state index is 13.4. The number of amides is 1. The predicted molar refractivity (Wildman–Crippen MR) is 123 cm³/mol. The van der Waals surface area contributed by atoms with Crippen molar-refractivity contribution in [1.29, 1.82) is 0 Å². The van der Waals surface area contributed by atoms with Gasteiger partial charge in [0, 0.05) is 22.5 Å². The quantitative estimate of drug-likeness (QED) is 0.377. The molecule has 0 aliphatic rings. The Kier molecular flexibility index (Phi) is 5.82. The fourth-order valence-corrected chi connectivity index (χ4v) is 3.82. The highest BCUT2D eigenvalue weighted by atomic mass is 19.4. The van der Waals surface area contributed by atoms with Crippen LogP contribution in [0.3, 0.4) is 0 Å². The van der Waals surface area contributed by atoms with E-state index in [0.717, 1.165) is 30.3 Å². The molecule has 1 atom stereocenters. The summed E-state index contributed by atoms with van der Waals surface area (Å²) in [6, 6.07) is 17.2. The number of hydrogen-bond acceptors (Lipinski definition) is 3. The Balaban J connectivity index is 1.62. The number of pyridine rings is 2. The van der Waals surface area contributed by atoms with E-state index in [2.05, 4.69) is 15.3 Å². The van der Waals surface area contributed by atoms with Gasteiger partial charge in [-0.25, -0.2) is 0 Å². The molecule has 0 bridgehead atoms. The van der Waals surface area contributed by atoms with E-state index in [1.165, 1.54) is 6.07 Å². The van der Waals surface area contributed by atoms with Gasteiger partial charge in [-0.05, 0) is 62.2 Å². The molecule has 0 saturated heterocycles. The topological polar surface area (TPSA) is 54.9 Å². The number of para-hydroxylation sites is 1. The molecule has 33 heavy (non-hydrogen) atoms. The van der Waals surface area contributed by atoms with E-state index in [9.17, 15) is 18.0 Å². The first-order valence-corrected chi connectivity index (χ1v) is 10.7. The molecule has 0 radical (unpaired) electrons. The number of aromatic nitrogens is 2. The van der Waals surface area contributed by atoms with Crippen LogP contribution in [0.15, 0.2) is 66.9 Å². The minimum absolute atomic E-state index is 0.0599. The van der Waals surface area contributed by atoms with Crippen LogP contribution >= 0.6 is 0 Å². The van der Waals surface area contributed by atoms with Gasteiger partial charge in [0.05, 0.1) is 22.8 Å². The van der Waals surface area contributed by atoms with Crippen molar-refractivity contribution in [1.82, 2.24) is 15.3 Å². The van der Waals surface area contributed by atoms with Crippen molar-refractivity contribution >= 4 is 27.7 Å². The molecule has 4 nitrogen and oxygen atoms in total. The molecule has 2 aromatic carbocycles. The number of fused-ring (bicyclic) bond motifs is 2. The lowest BCUT2D eigenvalue weighted by molar-refractivity contribution is -0.181. The first kappa shape index (κ1) is 22.7. The van der Waals surface area contributed by atoms with Crippen LogP contribution in [-0.2, 0) is 5.41 Å². The highest BCUT2D eigenvalue weighted by Gasteiger charge is 2.49. The van der Waals surface area contributed by atoms with Crippen LogP contribution in [0.4, 0.5) is 13.2 Å². The average molecular weight is 451 g/mol. The van der Waals surface area contributed by atoms with E-state index >= 15 is 0 Å². The molecule has 1 amide bonds. The normalized spacial score (nSPS) is 13.3. The van der Waals surface area contributed by atoms with Gasteiger partial charge in [0.25, 0.3) is 5.91 Å². The molecule has 170 valence electrons. The molecule has 2 heterocycles. The predicted octanol–water partition coefficient (Wildman–Crippen LogP) is 6.50. The number of benzene rings is 2. The van der Waals surface area contributed by atoms with Crippen LogP contribution in [-0.4, -0.2) is 22.1 Å². The number of nitrogens with one attached hydrogen (secondary N) is 1. The number of carbonyl (C=O) groups is 1. The maximum absolute atomic E-state index is 13.4. The Hall–Kier alpha value is -3.48. The lowest BCUT2D eigenvalue weighted by Crippen LogP contribution is -2.37. The summed E-state index contributed by atoms with van der Waals surface area (Å²) in [5, 5.41) is 4.66. The van der Waals surface area contributed by atoms with Crippen LogP contribution in [0.1, 0.15) is 54.8 Å². The number of hydrogen-bond donors (Lipinski definition) is 1.